The van der Waals surface area contributed by atoms with Crippen LogP contribution in [0.3, 0.4) is 0 Å². The van der Waals surface area contributed by atoms with Crippen molar-refractivity contribution in [2.45, 2.75) is 25.7 Å². The number of benzene rings is 4. The molecular weight excluding hydrogens is 616 g/mol. The Hall–Kier alpha value is -5.83. The van der Waals surface area contributed by atoms with Crippen molar-refractivity contribution in [2.24, 2.45) is 0 Å². The lowest BCUT2D eigenvalue weighted by molar-refractivity contribution is -0.249. The third kappa shape index (κ3) is 11.5. The number of rotatable bonds is 19. The molecule has 10 heteroatoms. The highest BCUT2D eigenvalue weighted by Gasteiger charge is 2.13. The molecule has 10 nitrogen and oxygen atoms in total. The van der Waals surface area contributed by atoms with Gasteiger partial charge >= 0.3 is 17.9 Å². The predicted molar refractivity (Wildman–Crippen MR) is 178 cm³/mol. The average molecular weight is 653 g/mol. The first kappa shape index (κ1) is 35.0. The van der Waals surface area contributed by atoms with Gasteiger partial charge < -0.3 is 28.6 Å². The molecule has 0 radical (unpaired) electrons. The summed E-state index contributed by atoms with van der Waals surface area (Å²) in [6, 6.07) is 23.8. The summed E-state index contributed by atoms with van der Waals surface area (Å²) in [7, 11) is 0. The summed E-state index contributed by atoms with van der Waals surface area (Å²) >= 11 is 0. The predicted octanol–water partition coefficient (Wildman–Crippen LogP) is 7.57. The highest BCUT2D eigenvalue weighted by Crippen LogP contribution is 2.25. The fourth-order valence-corrected chi connectivity index (χ4v) is 4.23. The molecule has 0 aromatic heterocycles. The molecule has 0 spiro atoms. The Labute approximate surface area is 278 Å². The van der Waals surface area contributed by atoms with Crippen molar-refractivity contribution in [2.75, 3.05) is 26.4 Å². The number of ether oxygens (including phenoxy) is 5. The first-order valence-electron chi connectivity index (χ1n) is 15.3. The summed E-state index contributed by atoms with van der Waals surface area (Å²) in [5.74, 6) is 0.558. The van der Waals surface area contributed by atoms with Crippen molar-refractivity contribution in [1.29, 1.82) is 0 Å². The van der Waals surface area contributed by atoms with Crippen LogP contribution in [0.15, 0.2) is 116 Å². The summed E-state index contributed by atoms with van der Waals surface area (Å²) in [6.45, 7) is 8.39. The Balaban J connectivity index is 1.21. The number of esters is 3. The van der Waals surface area contributed by atoms with Gasteiger partial charge in [-0.2, -0.15) is 4.89 Å². The van der Waals surface area contributed by atoms with Gasteiger partial charge in [0.05, 0.1) is 37.6 Å². The Morgan fingerprint density at radius 3 is 1.81 bits per heavy atom. The van der Waals surface area contributed by atoms with E-state index in [0.29, 0.717) is 73.4 Å². The third-order valence-corrected chi connectivity index (χ3v) is 6.69. The number of unbranched alkanes of at least 4 members (excludes halogenated alkanes) is 2. The molecule has 0 atom stereocenters. The van der Waals surface area contributed by atoms with E-state index >= 15 is 0 Å². The van der Waals surface area contributed by atoms with E-state index in [1.165, 1.54) is 6.26 Å². The molecule has 0 aliphatic heterocycles. The van der Waals surface area contributed by atoms with Crippen molar-refractivity contribution < 1.29 is 47.8 Å². The summed E-state index contributed by atoms with van der Waals surface area (Å²) in [5, 5.41) is 1.57. The maximum Gasteiger partial charge on any atom is 0.343 e. The van der Waals surface area contributed by atoms with Gasteiger partial charge in [-0.05, 0) is 109 Å². The normalized spacial score (nSPS) is 10.3. The largest absolute Gasteiger partial charge is 0.494 e. The van der Waals surface area contributed by atoms with Crippen LogP contribution >= 0.6 is 0 Å². The number of hydrogen-bond acceptors (Lipinski definition) is 10. The molecule has 0 aliphatic rings. The second-order valence-corrected chi connectivity index (χ2v) is 10.2. The van der Waals surface area contributed by atoms with Crippen LogP contribution in [0.1, 0.15) is 46.4 Å². The van der Waals surface area contributed by atoms with Crippen LogP contribution in [0.2, 0.25) is 0 Å². The standard InChI is InChI=1S/C38H36O10/c1-3-21-45-46-25-8-7-23-43-33-17-19-34(20-18-33)47-38(41)31-10-9-30-27-35(16-13-29(30)26-31)48-37(40)28-11-14-32(15-12-28)42-22-5-6-24-44-36(39)4-2/h4,9-21,26-27H,1-2,5-8,22-25H2. The smallest absolute Gasteiger partial charge is 0.343 e. The molecule has 0 saturated carbocycles. The summed E-state index contributed by atoms with van der Waals surface area (Å²) in [4.78, 5) is 46.2. The second kappa shape index (κ2) is 19.0. The van der Waals surface area contributed by atoms with Gasteiger partial charge in [0.1, 0.15) is 23.0 Å². The average Bonchev–Trinajstić information content (AvgIpc) is 3.11. The van der Waals surface area contributed by atoms with Crippen LogP contribution in [0.4, 0.5) is 0 Å². The number of fused-ring (bicyclic) bond motifs is 1. The maximum atomic E-state index is 12.8. The Morgan fingerprint density at radius 1 is 0.604 bits per heavy atom. The van der Waals surface area contributed by atoms with E-state index in [2.05, 4.69) is 18.9 Å². The number of carbonyl (C=O) groups is 3. The zero-order valence-corrected chi connectivity index (χ0v) is 26.4. The van der Waals surface area contributed by atoms with Gasteiger partial charge in [-0.25, -0.2) is 14.4 Å². The van der Waals surface area contributed by atoms with Gasteiger partial charge in [0, 0.05) is 6.08 Å². The van der Waals surface area contributed by atoms with Crippen LogP contribution in [-0.2, 0) is 19.3 Å². The molecule has 4 rings (SSSR count). The van der Waals surface area contributed by atoms with Gasteiger partial charge in [0.25, 0.3) is 0 Å². The van der Waals surface area contributed by atoms with Gasteiger partial charge in [-0.1, -0.05) is 31.0 Å². The van der Waals surface area contributed by atoms with Gasteiger partial charge in [0.2, 0.25) is 0 Å². The van der Waals surface area contributed by atoms with Crippen LogP contribution in [0, 0.1) is 0 Å². The molecule has 248 valence electrons. The SMILES string of the molecule is C=C=COOCCCCOc1ccc(OC(=O)c2ccc3cc(OC(=O)c4ccc(OCCCCOC(=O)C=C)cc4)ccc3c2)cc1. The topological polar surface area (TPSA) is 116 Å². The molecular formula is C38H36O10. The lowest BCUT2D eigenvalue weighted by atomic mass is 10.1. The fourth-order valence-electron chi connectivity index (χ4n) is 4.23. The molecule has 0 N–H and O–H groups in total. The van der Waals surface area contributed by atoms with Crippen LogP contribution in [0.5, 0.6) is 23.0 Å². The molecule has 0 aliphatic carbocycles. The van der Waals surface area contributed by atoms with Crippen molar-refractivity contribution in [3.05, 3.63) is 127 Å². The molecule has 48 heavy (non-hydrogen) atoms. The van der Waals surface area contributed by atoms with Gasteiger partial charge in [-0.15, -0.1) is 0 Å². The van der Waals surface area contributed by atoms with Crippen molar-refractivity contribution in [1.82, 2.24) is 0 Å². The van der Waals surface area contributed by atoms with Crippen molar-refractivity contribution >= 4 is 28.7 Å². The first-order chi connectivity index (χ1) is 23.4. The van der Waals surface area contributed by atoms with Crippen molar-refractivity contribution in [3.8, 4) is 23.0 Å². The zero-order chi connectivity index (χ0) is 34.0. The summed E-state index contributed by atoms with van der Waals surface area (Å²) in [5.41, 5.74) is 3.18. The van der Waals surface area contributed by atoms with E-state index in [4.69, 9.17) is 33.5 Å². The zero-order valence-electron chi connectivity index (χ0n) is 26.4. The van der Waals surface area contributed by atoms with E-state index in [1.54, 1.807) is 84.9 Å². The minimum atomic E-state index is -0.515. The molecule has 4 aromatic rings. The van der Waals surface area contributed by atoms with E-state index < -0.39 is 17.9 Å². The maximum absolute atomic E-state index is 12.8. The third-order valence-electron chi connectivity index (χ3n) is 6.69. The van der Waals surface area contributed by atoms with E-state index in [-0.39, 0.29) is 0 Å². The highest BCUT2D eigenvalue weighted by atomic mass is 17.2. The molecule has 0 bridgehead atoms. The summed E-state index contributed by atoms with van der Waals surface area (Å²) < 4.78 is 27.4. The molecule has 0 amide bonds. The fraction of sp³-hybridized carbons (Fsp3) is 0.211. The van der Waals surface area contributed by atoms with Crippen LogP contribution in [-0.4, -0.2) is 44.3 Å². The molecule has 4 aromatic carbocycles. The van der Waals surface area contributed by atoms with E-state index in [1.807, 2.05) is 0 Å². The minimum Gasteiger partial charge on any atom is -0.494 e. The molecule has 0 saturated heterocycles. The Bertz CT molecular complexity index is 1720. The van der Waals surface area contributed by atoms with Crippen LogP contribution < -0.4 is 18.9 Å². The Morgan fingerprint density at radius 2 is 1.12 bits per heavy atom. The lowest BCUT2D eigenvalue weighted by Gasteiger charge is -2.09. The van der Waals surface area contributed by atoms with Crippen molar-refractivity contribution in [3.63, 3.8) is 0 Å². The van der Waals surface area contributed by atoms with Gasteiger partial charge in [-0.3, -0.25) is 0 Å². The van der Waals surface area contributed by atoms with Gasteiger partial charge in [0.15, 0.2) is 6.26 Å². The number of hydrogen-bond donors (Lipinski definition) is 0. The molecule has 0 heterocycles. The van der Waals surface area contributed by atoms with E-state index in [9.17, 15) is 14.4 Å². The molecule has 0 unspecified atom stereocenters. The van der Waals surface area contributed by atoms with E-state index in [0.717, 1.165) is 29.7 Å². The lowest BCUT2D eigenvalue weighted by Crippen LogP contribution is -2.09. The highest BCUT2D eigenvalue weighted by molar-refractivity contribution is 5.97. The molecule has 0 fully saturated rings. The quantitative estimate of drug-likeness (QED) is 0.0147. The summed E-state index contributed by atoms with van der Waals surface area (Å²) in [6.07, 6.45) is 5.26. The second-order valence-electron chi connectivity index (χ2n) is 10.2. The van der Waals surface area contributed by atoms with Crippen LogP contribution in [0.25, 0.3) is 10.8 Å². The first-order valence-corrected chi connectivity index (χ1v) is 15.3. The monoisotopic (exact) mass is 652 g/mol. The Kier molecular flexibility index (Phi) is 13.8. The number of carbonyl (C=O) groups excluding carboxylic acids is 3. The minimum absolute atomic E-state index is 0.305.